The Kier molecular flexibility index (Phi) is 4.43. The van der Waals surface area contributed by atoms with Crippen LogP contribution in [0, 0.1) is 0 Å². The molecule has 2 aromatic carbocycles. The molecule has 0 saturated carbocycles. The Hall–Kier alpha value is -2.14. The number of benzene rings is 2. The fourth-order valence-electron chi connectivity index (χ4n) is 1.99. The number of halogens is 3. The van der Waals surface area contributed by atoms with E-state index in [0.29, 0.717) is 18.5 Å². The van der Waals surface area contributed by atoms with Gasteiger partial charge >= 0.3 is 6.18 Å². The first-order chi connectivity index (χ1) is 9.91. The van der Waals surface area contributed by atoms with E-state index in [2.05, 4.69) is 0 Å². The van der Waals surface area contributed by atoms with Gasteiger partial charge in [-0.1, -0.05) is 36.4 Å². The van der Waals surface area contributed by atoms with Crippen molar-refractivity contribution in [1.29, 1.82) is 0 Å². The first kappa shape index (κ1) is 15.3. The summed E-state index contributed by atoms with van der Waals surface area (Å²) in [4.78, 5) is 12.2. The number of hydrogen-bond acceptors (Lipinski definition) is 2. The minimum Gasteiger partial charge on any atom is -0.330 e. The van der Waals surface area contributed by atoms with E-state index in [0.717, 1.165) is 17.7 Å². The number of rotatable bonds is 4. The Bertz CT molecular complexity index is 633. The lowest BCUT2D eigenvalue weighted by Crippen LogP contribution is -2.08. The van der Waals surface area contributed by atoms with Crippen LogP contribution in [0.15, 0.2) is 48.5 Å². The molecule has 0 unspecified atom stereocenters. The fourth-order valence-corrected chi connectivity index (χ4v) is 1.99. The largest absolute Gasteiger partial charge is 0.416 e. The summed E-state index contributed by atoms with van der Waals surface area (Å²) in [6.07, 6.45) is -3.76. The topological polar surface area (TPSA) is 43.1 Å². The van der Waals surface area contributed by atoms with Crippen LogP contribution >= 0.6 is 0 Å². The number of carbonyl (C=O) groups excluding carboxylic acids is 1. The molecule has 0 saturated heterocycles. The van der Waals surface area contributed by atoms with Crippen LogP contribution in [0.4, 0.5) is 13.2 Å². The second-order valence-corrected chi connectivity index (χ2v) is 4.64. The van der Waals surface area contributed by atoms with Gasteiger partial charge in [0.2, 0.25) is 0 Å². The molecular weight excluding hydrogens is 279 g/mol. The molecule has 0 aliphatic carbocycles. The quantitative estimate of drug-likeness (QED) is 0.878. The Morgan fingerprint density at radius 3 is 2.24 bits per heavy atom. The van der Waals surface area contributed by atoms with Crippen molar-refractivity contribution >= 4 is 5.78 Å². The lowest BCUT2D eigenvalue weighted by molar-refractivity contribution is -0.137. The normalized spacial score (nSPS) is 11.4. The van der Waals surface area contributed by atoms with E-state index in [-0.39, 0.29) is 5.56 Å². The van der Waals surface area contributed by atoms with Crippen LogP contribution < -0.4 is 5.73 Å². The Morgan fingerprint density at radius 1 is 1.00 bits per heavy atom. The van der Waals surface area contributed by atoms with Gasteiger partial charge in [0.1, 0.15) is 0 Å². The highest BCUT2D eigenvalue weighted by Gasteiger charge is 2.30. The molecular formula is C16H14F3NO. The van der Waals surface area contributed by atoms with Crippen molar-refractivity contribution in [3.05, 3.63) is 70.8 Å². The standard InChI is InChI=1S/C16H14F3NO/c17-16(18,19)14-3-1-2-13(10-14)15(21)12-6-4-11(5-7-12)8-9-20/h1-7,10H,8-9,20H2. The SMILES string of the molecule is NCCc1ccc(C(=O)c2cccc(C(F)(F)F)c2)cc1. The summed E-state index contributed by atoms with van der Waals surface area (Å²) in [5, 5.41) is 0. The van der Waals surface area contributed by atoms with Crippen LogP contribution in [-0.2, 0) is 12.6 Å². The van der Waals surface area contributed by atoms with Gasteiger partial charge in [0.05, 0.1) is 5.56 Å². The average Bonchev–Trinajstić information content (AvgIpc) is 2.47. The van der Waals surface area contributed by atoms with Crippen LogP contribution in [-0.4, -0.2) is 12.3 Å². The molecule has 0 amide bonds. The second-order valence-electron chi connectivity index (χ2n) is 4.64. The molecule has 0 aliphatic rings. The highest BCUT2D eigenvalue weighted by molar-refractivity contribution is 6.09. The molecule has 0 aliphatic heterocycles. The van der Waals surface area contributed by atoms with E-state index in [4.69, 9.17) is 5.73 Å². The summed E-state index contributed by atoms with van der Waals surface area (Å²) in [6.45, 7) is 0.501. The van der Waals surface area contributed by atoms with Gasteiger partial charge in [-0.15, -0.1) is 0 Å². The average molecular weight is 293 g/mol. The Morgan fingerprint density at radius 2 is 1.67 bits per heavy atom. The Labute approximate surface area is 120 Å². The number of nitrogens with two attached hydrogens (primary N) is 1. The van der Waals surface area contributed by atoms with Gasteiger partial charge in [-0.05, 0) is 30.7 Å². The van der Waals surface area contributed by atoms with E-state index in [1.807, 2.05) is 0 Å². The van der Waals surface area contributed by atoms with Crippen molar-refractivity contribution in [3.8, 4) is 0 Å². The lowest BCUT2D eigenvalue weighted by atomic mass is 9.99. The third-order valence-electron chi connectivity index (χ3n) is 3.10. The molecule has 0 bridgehead atoms. The van der Waals surface area contributed by atoms with Crippen molar-refractivity contribution in [1.82, 2.24) is 0 Å². The molecule has 0 atom stereocenters. The van der Waals surface area contributed by atoms with Crippen molar-refractivity contribution in [3.63, 3.8) is 0 Å². The second kappa shape index (κ2) is 6.10. The van der Waals surface area contributed by atoms with Gasteiger partial charge in [-0.3, -0.25) is 4.79 Å². The molecule has 110 valence electrons. The molecule has 0 spiro atoms. The first-order valence-corrected chi connectivity index (χ1v) is 6.43. The van der Waals surface area contributed by atoms with Gasteiger partial charge in [0, 0.05) is 11.1 Å². The molecule has 0 fully saturated rings. The van der Waals surface area contributed by atoms with E-state index in [1.54, 1.807) is 24.3 Å². The van der Waals surface area contributed by atoms with Gasteiger partial charge < -0.3 is 5.73 Å². The molecule has 21 heavy (non-hydrogen) atoms. The summed E-state index contributed by atoms with van der Waals surface area (Å²) in [7, 11) is 0. The molecule has 2 N–H and O–H groups in total. The van der Waals surface area contributed by atoms with Crippen LogP contribution in [0.25, 0.3) is 0 Å². The molecule has 5 heteroatoms. The summed E-state index contributed by atoms with van der Waals surface area (Å²) in [5.41, 5.74) is 5.97. The zero-order valence-corrected chi connectivity index (χ0v) is 11.2. The van der Waals surface area contributed by atoms with E-state index in [9.17, 15) is 18.0 Å². The molecule has 0 aromatic heterocycles. The molecule has 2 nitrogen and oxygen atoms in total. The van der Waals surface area contributed by atoms with Gasteiger partial charge in [0.15, 0.2) is 5.78 Å². The van der Waals surface area contributed by atoms with Crippen molar-refractivity contribution in [2.75, 3.05) is 6.54 Å². The van der Waals surface area contributed by atoms with Crippen molar-refractivity contribution in [2.24, 2.45) is 5.73 Å². The maximum absolute atomic E-state index is 12.6. The summed E-state index contributed by atoms with van der Waals surface area (Å²) >= 11 is 0. The minimum absolute atomic E-state index is 0.0244. The summed E-state index contributed by atoms with van der Waals surface area (Å²) in [6, 6.07) is 11.2. The molecule has 2 aromatic rings. The fraction of sp³-hybridized carbons (Fsp3) is 0.188. The molecule has 2 rings (SSSR count). The minimum atomic E-state index is -4.46. The van der Waals surface area contributed by atoms with Gasteiger partial charge in [-0.2, -0.15) is 13.2 Å². The van der Waals surface area contributed by atoms with Crippen LogP contribution in [0.5, 0.6) is 0 Å². The van der Waals surface area contributed by atoms with Crippen LogP contribution in [0.2, 0.25) is 0 Å². The first-order valence-electron chi connectivity index (χ1n) is 6.43. The number of ketones is 1. The molecule has 0 radical (unpaired) electrons. The van der Waals surface area contributed by atoms with E-state index in [1.165, 1.54) is 12.1 Å². The number of carbonyl (C=O) groups is 1. The monoisotopic (exact) mass is 293 g/mol. The van der Waals surface area contributed by atoms with Crippen LogP contribution in [0.1, 0.15) is 27.0 Å². The smallest absolute Gasteiger partial charge is 0.330 e. The van der Waals surface area contributed by atoms with Gasteiger partial charge in [-0.25, -0.2) is 0 Å². The molecule has 0 heterocycles. The maximum Gasteiger partial charge on any atom is 0.416 e. The highest BCUT2D eigenvalue weighted by atomic mass is 19.4. The summed E-state index contributed by atoms with van der Waals surface area (Å²) < 4.78 is 37.9. The third-order valence-corrected chi connectivity index (χ3v) is 3.10. The maximum atomic E-state index is 12.6. The van der Waals surface area contributed by atoms with E-state index >= 15 is 0 Å². The predicted octanol–water partition coefficient (Wildman–Crippen LogP) is 3.44. The summed E-state index contributed by atoms with van der Waals surface area (Å²) in [5.74, 6) is -0.430. The zero-order valence-electron chi connectivity index (χ0n) is 11.2. The zero-order chi connectivity index (χ0) is 15.5. The van der Waals surface area contributed by atoms with Gasteiger partial charge in [0.25, 0.3) is 0 Å². The number of alkyl halides is 3. The van der Waals surface area contributed by atoms with E-state index < -0.39 is 17.5 Å². The van der Waals surface area contributed by atoms with Crippen molar-refractivity contribution in [2.45, 2.75) is 12.6 Å². The highest BCUT2D eigenvalue weighted by Crippen LogP contribution is 2.30. The number of hydrogen-bond donors (Lipinski definition) is 1. The lowest BCUT2D eigenvalue weighted by Gasteiger charge is -2.08. The van der Waals surface area contributed by atoms with Crippen molar-refractivity contribution < 1.29 is 18.0 Å². The van der Waals surface area contributed by atoms with Crippen LogP contribution in [0.3, 0.4) is 0 Å². The predicted molar refractivity (Wildman–Crippen MR) is 74.1 cm³/mol. The third kappa shape index (κ3) is 3.70. The Balaban J connectivity index is 2.27.